The van der Waals surface area contributed by atoms with Crippen LogP contribution in [0.3, 0.4) is 0 Å². The van der Waals surface area contributed by atoms with Gasteiger partial charge in [0.25, 0.3) is 5.91 Å². The summed E-state index contributed by atoms with van der Waals surface area (Å²) in [4.78, 5) is 24.8. The van der Waals surface area contributed by atoms with Crippen molar-refractivity contribution in [1.29, 1.82) is 0 Å². The molecule has 0 spiro atoms. The first kappa shape index (κ1) is 23.4. The minimum absolute atomic E-state index is 0.254. The van der Waals surface area contributed by atoms with Crippen LogP contribution in [0.2, 0.25) is 0 Å². The smallest absolute Gasteiger partial charge is 0.412 e. The van der Waals surface area contributed by atoms with E-state index in [1.54, 1.807) is 18.2 Å². The predicted octanol–water partition coefficient (Wildman–Crippen LogP) is 5.23. The minimum Gasteiger partial charge on any atom is -0.486 e. The number of ether oxygens (including phenoxy) is 1. The third-order valence-corrected chi connectivity index (χ3v) is 5.68. The summed E-state index contributed by atoms with van der Waals surface area (Å²) in [7, 11) is 0. The van der Waals surface area contributed by atoms with Crippen LogP contribution in [-0.4, -0.2) is 40.2 Å². The van der Waals surface area contributed by atoms with Gasteiger partial charge in [0.2, 0.25) is 0 Å². The molecule has 29 heavy (non-hydrogen) atoms. The van der Waals surface area contributed by atoms with Crippen molar-refractivity contribution in [3.05, 3.63) is 46.1 Å². The number of carbonyl (C=O) groups excluding carboxylic acids is 2. The molecule has 0 saturated carbocycles. The summed E-state index contributed by atoms with van der Waals surface area (Å²) in [5, 5.41) is 0. The fourth-order valence-corrected chi connectivity index (χ4v) is 4.07. The molecular formula is C20H22F3NO3S2. The van der Waals surface area contributed by atoms with Crippen LogP contribution in [0.25, 0.3) is 0 Å². The molecule has 0 aliphatic carbocycles. The van der Waals surface area contributed by atoms with E-state index in [4.69, 9.17) is 17.0 Å². The number of rotatable bonds is 8. The van der Waals surface area contributed by atoms with Gasteiger partial charge >= 0.3 is 6.18 Å². The van der Waals surface area contributed by atoms with Gasteiger partial charge in [-0.25, -0.2) is 0 Å². The first-order valence-corrected chi connectivity index (χ1v) is 10.4. The molecule has 0 aromatic carbocycles. The lowest BCUT2D eigenvalue weighted by atomic mass is 10.0. The van der Waals surface area contributed by atoms with Crippen LogP contribution < -0.4 is 0 Å². The van der Waals surface area contributed by atoms with Gasteiger partial charge in [0.05, 0.1) is 4.91 Å². The average Bonchev–Trinajstić information content (AvgIpc) is 3.20. The fraction of sp³-hybridized carbons (Fsp3) is 0.450. The van der Waals surface area contributed by atoms with E-state index < -0.39 is 17.9 Å². The number of thioether (sulfide) groups is 1. The molecular weight excluding hydrogens is 423 g/mol. The average molecular weight is 446 g/mol. The van der Waals surface area contributed by atoms with Crippen LogP contribution in [0.1, 0.15) is 39.5 Å². The summed E-state index contributed by atoms with van der Waals surface area (Å²) in [5.41, 5.74) is -0.228. The van der Waals surface area contributed by atoms with Gasteiger partial charge in [0.15, 0.2) is 0 Å². The van der Waals surface area contributed by atoms with Crippen LogP contribution >= 0.6 is 24.0 Å². The zero-order valence-corrected chi connectivity index (χ0v) is 17.8. The summed E-state index contributed by atoms with van der Waals surface area (Å²) in [6.07, 6.45) is 3.89. The topological polar surface area (TPSA) is 46.6 Å². The number of hydrogen-bond donors (Lipinski definition) is 0. The molecule has 1 saturated heterocycles. The van der Waals surface area contributed by atoms with E-state index in [0.717, 1.165) is 31.0 Å². The van der Waals surface area contributed by atoms with Gasteiger partial charge in [-0.1, -0.05) is 37.0 Å². The van der Waals surface area contributed by atoms with E-state index in [2.05, 4.69) is 0 Å². The Balaban J connectivity index is 2.08. The molecule has 2 rings (SSSR count). The number of hydrogen-bond acceptors (Lipinski definition) is 5. The third-order valence-electron chi connectivity index (χ3n) is 4.30. The summed E-state index contributed by atoms with van der Waals surface area (Å²) in [6.45, 7) is 3.24. The van der Waals surface area contributed by atoms with Crippen LogP contribution in [-0.2, 0) is 14.3 Å². The van der Waals surface area contributed by atoms with E-state index in [1.807, 2.05) is 6.92 Å². The minimum atomic E-state index is -4.39. The maximum absolute atomic E-state index is 12.9. The Morgan fingerprint density at radius 2 is 2.17 bits per heavy atom. The van der Waals surface area contributed by atoms with Gasteiger partial charge in [-0.05, 0) is 43.6 Å². The van der Waals surface area contributed by atoms with Crippen molar-refractivity contribution in [2.45, 2.75) is 51.8 Å². The second-order valence-corrected chi connectivity index (χ2v) is 8.20. The molecule has 1 atom stereocenters. The van der Waals surface area contributed by atoms with Gasteiger partial charge in [-0.2, -0.15) is 13.2 Å². The standard InChI is InChI=1S/C20H22F3NO3S2/c1-3-6-14(11-13(2)20(21,22)23)16-8-7-15(27-16)12-17-18(26)24(19(28)29-17)9-4-5-10-25/h6-7,10-12,16H,3-5,8-9H2,1-2H3/b13-11+,14-6+,17-12+. The lowest BCUT2D eigenvalue weighted by molar-refractivity contribution is -0.122. The third kappa shape index (κ3) is 6.30. The molecule has 4 nitrogen and oxygen atoms in total. The summed E-state index contributed by atoms with van der Waals surface area (Å²) < 4.78 is 44.8. The Kier molecular flexibility index (Phi) is 8.27. The Morgan fingerprint density at radius 3 is 2.79 bits per heavy atom. The normalized spacial score (nSPS) is 22.4. The Bertz CT molecular complexity index is 797. The number of carbonyl (C=O) groups is 2. The van der Waals surface area contributed by atoms with Gasteiger partial charge < -0.3 is 9.53 Å². The molecule has 2 heterocycles. The van der Waals surface area contributed by atoms with Gasteiger partial charge in [0.1, 0.15) is 22.5 Å². The number of alkyl halides is 3. The molecule has 1 amide bonds. The number of unbranched alkanes of at least 4 members (excludes halogenated alkanes) is 1. The number of nitrogens with zero attached hydrogens (tertiary/aromatic N) is 1. The number of allylic oxidation sites excluding steroid dienone is 3. The van der Waals surface area contributed by atoms with Crippen molar-refractivity contribution >= 4 is 40.5 Å². The molecule has 0 aromatic rings. The number of halogens is 3. The maximum atomic E-state index is 12.9. The highest BCUT2D eigenvalue weighted by molar-refractivity contribution is 8.26. The molecule has 0 aromatic heterocycles. The molecule has 2 aliphatic rings. The first-order chi connectivity index (χ1) is 13.7. The van der Waals surface area contributed by atoms with Crippen molar-refractivity contribution in [3.8, 4) is 0 Å². The molecule has 9 heteroatoms. The lowest BCUT2D eigenvalue weighted by Crippen LogP contribution is -2.29. The van der Waals surface area contributed by atoms with E-state index in [-0.39, 0.29) is 5.91 Å². The second kappa shape index (κ2) is 10.2. The van der Waals surface area contributed by atoms with E-state index in [9.17, 15) is 22.8 Å². The van der Waals surface area contributed by atoms with E-state index >= 15 is 0 Å². The van der Waals surface area contributed by atoms with Crippen LogP contribution in [0.4, 0.5) is 13.2 Å². The highest BCUT2D eigenvalue weighted by atomic mass is 32.2. The predicted molar refractivity (Wildman–Crippen MR) is 111 cm³/mol. The SMILES string of the molecule is CC/C=C(\C=C(/C)C(F)(F)F)C1CC=C(/C=C2/SC(=S)N(CCCC=O)C2=O)O1. The first-order valence-electron chi connectivity index (χ1n) is 9.18. The lowest BCUT2D eigenvalue weighted by Gasteiger charge is -2.16. The molecule has 0 N–H and O–H groups in total. The molecule has 1 unspecified atom stereocenters. The van der Waals surface area contributed by atoms with Crippen molar-refractivity contribution < 1.29 is 27.5 Å². The van der Waals surface area contributed by atoms with Gasteiger partial charge in [-0.15, -0.1) is 0 Å². The van der Waals surface area contributed by atoms with Gasteiger partial charge in [0, 0.05) is 25.0 Å². The number of amides is 1. The van der Waals surface area contributed by atoms with E-state index in [0.29, 0.717) is 52.8 Å². The molecule has 158 valence electrons. The van der Waals surface area contributed by atoms with Crippen molar-refractivity contribution in [2.75, 3.05) is 6.54 Å². The quantitative estimate of drug-likeness (QED) is 0.168. The maximum Gasteiger partial charge on any atom is 0.412 e. The second-order valence-electron chi connectivity index (χ2n) is 6.53. The fourth-order valence-electron chi connectivity index (χ4n) is 2.79. The van der Waals surface area contributed by atoms with Crippen LogP contribution in [0.15, 0.2) is 46.1 Å². The summed E-state index contributed by atoms with van der Waals surface area (Å²) >= 11 is 6.37. The Labute approximate surface area is 177 Å². The Morgan fingerprint density at radius 1 is 1.45 bits per heavy atom. The largest absolute Gasteiger partial charge is 0.486 e. The van der Waals surface area contributed by atoms with Crippen LogP contribution in [0, 0.1) is 0 Å². The molecule has 0 radical (unpaired) electrons. The highest BCUT2D eigenvalue weighted by Gasteiger charge is 2.33. The molecule has 0 bridgehead atoms. The van der Waals surface area contributed by atoms with Crippen molar-refractivity contribution in [3.63, 3.8) is 0 Å². The molecule has 2 aliphatic heterocycles. The monoisotopic (exact) mass is 445 g/mol. The van der Waals surface area contributed by atoms with Crippen LogP contribution in [0.5, 0.6) is 0 Å². The zero-order chi connectivity index (χ0) is 21.6. The number of thiocarbonyl (C=S) groups is 1. The Hall–Kier alpha value is -1.87. The number of aldehydes is 1. The van der Waals surface area contributed by atoms with Crippen molar-refractivity contribution in [1.82, 2.24) is 4.90 Å². The van der Waals surface area contributed by atoms with E-state index in [1.165, 1.54) is 4.90 Å². The summed E-state index contributed by atoms with van der Waals surface area (Å²) in [5.74, 6) is 0.180. The van der Waals surface area contributed by atoms with Gasteiger partial charge in [-0.3, -0.25) is 9.69 Å². The highest BCUT2D eigenvalue weighted by Crippen LogP contribution is 2.35. The van der Waals surface area contributed by atoms with Crippen molar-refractivity contribution in [2.24, 2.45) is 0 Å². The molecule has 1 fully saturated rings. The summed E-state index contributed by atoms with van der Waals surface area (Å²) in [6, 6.07) is 0. The zero-order valence-electron chi connectivity index (χ0n) is 16.1.